The average molecular weight is 294 g/mol. The summed E-state index contributed by atoms with van der Waals surface area (Å²) in [4.78, 5) is 22.5. The van der Waals surface area contributed by atoms with E-state index in [1.54, 1.807) is 6.92 Å². The number of aliphatic carboxylic acids is 2. The fraction of sp³-hybridized carbons (Fsp3) is 0.467. The average Bonchev–Trinajstić information content (AvgIpc) is 2.46. The number of rotatable bonds is 9. The van der Waals surface area contributed by atoms with Gasteiger partial charge >= 0.3 is 11.9 Å². The Morgan fingerprint density at radius 1 is 1.10 bits per heavy atom. The number of benzene rings is 1. The molecule has 0 unspecified atom stereocenters. The third kappa shape index (κ3) is 5.53. The molecule has 0 aliphatic heterocycles. The van der Waals surface area contributed by atoms with Gasteiger partial charge < -0.3 is 10.2 Å². The standard InChI is InChI=1S/C15H22N2O4/c1-3-10(2)13(15(20)21)17-16-12(14(18)19)9-11-7-5-4-6-8-11/h4-8,10,12-13,16-17H,3,9H2,1-2H3,(H,18,19)(H,20,21)/t10-,12-,13-/m0/s1. The molecular formula is C15H22N2O4. The van der Waals surface area contributed by atoms with Crippen molar-refractivity contribution in [3.05, 3.63) is 35.9 Å². The van der Waals surface area contributed by atoms with Crippen LogP contribution in [0.3, 0.4) is 0 Å². The van der Waals surface area contributed by atoms with Gasteiger partial charge in [-0.3, -0.25) is 9.59 Å². The van der Waals surface area contributed by atoms with Gasteiger partial charge in [0, 0.05) is 0 Å². The summed E-state index contributed by atoms with van der Waals surface area (Å²) in [5.74, 6) is -2.14. The number of nitrogens with one attached hydrogen (secondary N) is 2. The first-order valence-electron chi connectivity index (χ1n) is 6.96. The van der Waals surface area contributed by atoms with Gasteiger partial charge in [0.2, 0.25) is 0 Å². The number of carboxylic acid groups (broad SMARTS) is 2. The molecule has 0 heterocycles. The van der Waals surface area contributed by atoms with E-state index in [2.05, 4.69) is 10.9 Å². The number of carboxylic acids is 2. The summed E-state index contributed by atoms with van der Waals surface area (Å²) in [6, 6.07) is 7.48. The van der Waals surface area contributed by atoms with Crippen molar-refractivity contribution in [1.82, 2.24) is 10.9 Å². The zero-order valence-corrected chi connectivity index (χ0v) is 12.2. The SMILES string of the molecule is CC[C@H](C)[C@H](NN[C@@H](Cc1ccccc1)C(=O)O)C(=O)O. The van der Waals surface area contributed by atoms with E-state index in [1.165, 1.54) is 0 Å². The summed E-state index contributed by atoms with van der Waals surface area (Å²) in [6.45, 7) is 3.70. The highest BCUT2D eigenvalue weighted by molar-refractivity contribution is 5.75. The topological polar surface area (TPSA) is 98.7 Å². The van der Waals surface area contributed by atoms with Gasteiger partial charge in [-0.1, -0.05) is 50.6 Å². The first-order chi connectivity index (χ1) is 9.95. The van der Waals surface area contributed by atoms with Crippen LogP contribution >= 0.6 is 0 Å². The highest BCUT2D eigenvalue weighted by Crippen LogP contribution is 2.08. The molecule has 1 aromatic rings. The molecule has 0 bridgehead atoms. The van der Waals surface area contributed by atoms with Gasteiger partial charge in [0.1, 0.15) is 12.1 Å². The van der Waals surface area contributed by atoms with E-state index in [0.717, 1.165) is 5.56 Å². The Morgan fingerprint density at radius 3 is 2.19 bits per heavy atom. The van der Waals surface area contributed by atoms with Gasteiger partial charge in [-0.15, -0.1) is 0 Å². The second-order valence-electron chi connectivity index (χ2n) is 5.07. The minimum atomic E-state index is -1.03. The van der Waals surface area contributed by atoms with E-state index in [1.807, 2.05) is 37.3 Å². The smallest absolute Gasteiger partial charge is 0.322 e. The van der Waals surface area contributed by atoms with Crippen LogP contribution in [0.4, 0.5) is 0 Å². The molecule has 0 aliphatic carbocycles. The van der Waals surface area contributed by atoms with Crippen LogP contribution in [-0.2, 0) is 16.0 Å². The summed E-state index contributed by atoms with van der Waals surface area (Å²) in [5.41, 5.74) is 6.15. The van der Waals surface area contributed by atoms with Crippen molar-refractivity contribution in [3.8, 4) is 0 Å². The highest BCUT2D eigenvalue weighted by atomic mass is 16.4. The maximum Gasteiger partial charge on any atom is 0.322 e. The first-order valence-corrected chi connectivity index (χ1v) is 6.96. The predicted octanol–water partition coefficient (Wildman–Crippen LogP) is 1.28. The molecule has 0 amide bonds. The lowest BCUT2D eigenvalue weighted by molar-refractivity contribution is -0.144. The van der Waals surface area contributed by atoms with Crippen molar-refractivity contribution >= 4 is 11.9 Å². The van der Waals surface area contributed by atoms with Gasteiger partial charge in [-0.2, -0.15) is 0 Å². The molecular weight excluding hydrogens is 272 g/mol. The van der Waals surface area contributed by atoms with Crippen LogP contribution in [0.25, 0.3) is 0 Å². The fourth-order valence-electron chi connectivity index (χ4n) is 1.92. The minimum Gasteiger partial charge on any atom is -0.480 e. The molecule has 0 spiro atoms. The van der Waals surface area contributed by atoms with E-state index in [0.29, 0.717) is 6.42 Å². The lowest BCUT2D eigenvalue weighted by atomic mass is 10.00. The predicted molar refractivity (Wildman–Crippen MR) is 78.7 cm³/mol. The zero-order chi connectivity index (χ0) is 15.8. The summed E-state index contributed by atoms with van der Waals surface area (Å²) >= 11 is 0. The monoisotopic (exact) mass is 294 g/mol. The number of hydrogen-bond donors (Lipinski definition) is 4. The largest absolute Gasteiger partial charge is 0.480 e. The van der Waals surface area contributed by atoms with Crippen LogP contribution in [0.5, 0.6) is 0 Å². The molecule has 0 radical (unpaired) electrons. The molecule has 4 N–H and O–H groups in total. The van der Waals surface area contributed by atoms with E-state index >= 15 is 0 Å². The molecule has 3 atom stereocenters. The molecule has 0 aliphatic rings. The molecule has 116 valence electrons. The van der Waals surface area contributed by atoms with Crippen LogP contribution in [0.1, 0.15) is 25.8 Å². The van der Waals surface area contributed by atoms with Crippen molar-refractivity contribution in [2.45, 2.75) is 38.8 Å². The quantitative estimate of drug-likeness (QED) is 0.512. The second kappa shape index (κ2) is 8.39. The Balaban J connectivity index is 2.66. The van der Waals surface area contributed by atoms with Crippen LogP contribution in [0, 0.1) is 5.92 Å². The summed E-state index contributed by atoms with van der Waals surface area (Å²) < 4.78 is 0. The highest BCUT2D eigenvalue weighted by Gasteiger charge is 2.25. The van der Waals surface area contributed by atoms with E-state index in [-0.39, 0.29) is 12.3 Å². The van der Waals surface area contributed by atoms with Crippen LogP contribution < -0.4 is 10.9 Å². The summed E-state index contributed by atoms with van der Waals surface area (Å²) in [6.07, 6.45) is 0.956. The number of carbonyl (C=O) groups is 2. The number of hydrazine groups is 1. The Hall–Kier alpha value is -1.92. The fourth-order valence-corrected chi connectivity index (χ4v) is 1.92. The third-order valence-electron chi connectivity index (χ3n) is 3.47. The van der Waals surface area contributed by atoms with Crippen molar-refractivity contribution in [3.63, 3.8) is 0 Å². The Kier molecular flexibility index (Phi) is 6.84. The third-order valence-corrected chi connectivity index (χ3v) is 3.47. The molecule has 21 heavy (non-hydrogen) atoms. The molecule has 6 nitrogen and oxygen atoms in total. The minimum absolute atomic E-state index is 0.110. The van der Waals surface area contributed by atoms with Crippen molar-refractivity contribution < 1.29 is 19.8 Å². The lowest BCUT2D eigenvalue weighted by Crippen LogP contribution is -2.55. The summed E-state index contributed by atoms with van der Waals surface area (Å²) in [5, 5.41) is 18.4. The van der Waals surface area contributed by atoms with Crippen LogP contribution in [-0.4, -0.2) is 34.2 Å². The van der Waals surface area contributed by atoms with E-state index < -0.39 is 24.0 Å². The van der Waals surface area contributed by atoms with Crippen molar-refractivity contribution in [2.24, 2.45) is 5.92 Å². The molecule has 6 heteroatoms. The zero-order valence-electron chi connectivity index (χ0n) is 12.2. The van der Waals surface area contributed by atoms with Gasteiger partial charge in [-0.25, -0.2) is 10.9 Å². The van der Waals surface area contributed by atoms with E-state index in [4.69, 9.17) is 5.11 Å². The van der Waals surface area contributed by atoms with E-state index in [9.17, 15) is 14.7 Å². The maximum atomic E-state index is 11.3. The second-order valence-corrected chi connectivity index (χ2v) is 5.07. The van der Waals surface area contributed by atoms with Crippen LogP contribution in [0.15, 0.2) is 30.3 Å². The molecule has 1 aromatic carbocycles. The number of hydrogen-bond acceptors (Lipinski definition) is 4. The Labute approximate surface area is 124 Å². The Morgan fingerprint density at radius 2 is 1.71 bits per heavy atom. The van der Waals surface area contributed by atoms with Gasteiger partial charge in [0.25, 0.3) is 0 Å². The molecule has 0 saturated heterocycles. The van der Waals surface area contributed by atoms with Crippen molar-refractivity contribution in [2.75, 3.05) is 0 Å². The lowest BCUT2D eigenvalue weighted by Gasteiger charge is -2.23. The van der Waals surface area contributed by atoms with Gasteiger partial charge in [-0.05, 0) is 17.9 Å². The maximum absolute atomic E-state index is 11.3. The molecule has 0 aromatic heterocycles. The van der Waals surface area contributed by atoms with Crippen molar-refractivity contribution in [1.29, 1.82) is 0 Å². The normalized spacial score (nSPS) is 15.1. The molecule has 0 saturated carbocycles. The molecule has 0 fully saturated rings. The summed E-state index contributed by atoms with van der Waals surface area (Å²) in [7, 11) is 0. The Bertz CT molecular complexity index is 464. The first kappa shape index (κ1) is 17.1. The van der Waals surface area contributed by atoms with Gasteiger partial charge in [0.05, 0.1) is 0 Å². The van der Waals surface area contributed by atoms with Crippen LogP contribution in [0.2, 0.25) is 0 Å². The van der Waals surface area contributed by atoms with Gasteiger partial charge in [0.15, 0.2) is 0 Å². The molecule has 1 rings (SSSR count).